The molecule has 24 heavy (non-hydrogen) atoms. The predicted octanol–water partition coefficient (Wildman–Crippen LogP) is 2.74. The minimum absolute atomic E-state index is 0.0283. The van der Waals surface area contributed by atoms with E-state index in [4.69, 9.17) is 4.42 Å². The van der Waals surface area contributed by atoms with E-state index in [1.165, 1.54) is 0 Å². The first kappa shape index (κ1) is 15.7. The second kappa shape index (κ2) is 5.80. The topological polar surface area (TPSA) is 85.8 Å². The van der Waals surface area contributed by atoms with E-state index in [9.17, 15) is 18.0 Å². The Morgan fingerprint density at radius 3 is 2.46 bits per heavy atom. The maximum Gasteiger partial charge on any atom is 0.416 e. The Labute approximate surface area is 133 Å². The highest BCUT2D eigenvalue weighted by Gasteiger charge is 2.30. The number of nitrogens with one attached hydrogen (secondary N) is 1. The number of anilines is 1. The van der Waals surface area contributed by atoms with Crippen molar-refractivity contribution in [2.24, 2.45) is 7.05 Å². The molecular formula is C14H10F3N5O2. The lowest BCUT2D eigenvalue weighted by molar-refractivity contribution is -0.137. The van der Waals surface area contributed by atoms with Crippen LogP contribution in [0.3, 0.4) is 0 Å². The zero-order chi connectivity index (χ0) is 17.3. The number of hydrogen-bond acceptors (Lipinski definition) is 5. The molecule has 1 aromatic carbocycles. The molecule has 0 atom stereocenters. The maximum absolute atomic E-state index is 12.5. The summed E-state index contributed by atoms with van der Waals surface area (Å²) < 4.78 is 44.3. The van der Waals surface area contributed by atoms with E-state index in [0.717, 1.165) is 24.3 Å². The van der Waals surface area contributed by atoms with Crippen LogP contribution in [0.2, 0.25) is 0 Å². The Morgan fingerprint density at radius 1 is 1.17 bits per heavy atom. The number of aryl methyl sites for hydroxylation is 1. The van der Waals surface area contributed by atoms with Crippen LogP contribution in [0.4, 0.5) is 19.2 Å². The minimum atomic E-state index is -4.46. The highest BCUT2D eigenvalue weighted by molar-refractivity contribution is 6.03. The lowest BCUT2D eigenvalue weighted by Crippen LogP contribution is -2.13. The molecule has 1 amide bonds. The van der Waals surface area contributed by atoms with Gasteiger partial charge in [0.05, 0.1) is 5.56 Å². The van der Waals surface area contributed by atoms with Gasteiger partial charge in [-0.15, -0.1) is 5.10 Å². The number of carbonyl (C=O) groups excluding carboxylic acids is 1. The normalized spacial score (nSPS) is 11.5. The highest BCUT2D eigenvalue weighted by atomic mass is 19.4. The van der Waals surface area contributed by atoms with Crippen molar-refractivity contribution in [2.45, 2.75) is 6.18 Å². The molecule has 3 aromatic rings. The molecule has 0 aliphatic heterocycles. The molecule has 10 heteroatoms. The van der Waals surface area contributed by atoms with Crippen molar-refractivity contribution in [3.8, 4) is 11.6 Å². The van der Waals surface area contributed by atoms with Gasteiger partial charge in [0.15, 0.2) is 0 Å². The van der Waals surface area contributed by atoms with Crippen LogP contribution in [0.15, 0.2) is 40.9 Å². The molecule has 0 unspecified atom stereocenters. The van der Waals surface area contributed by atoms with Gasteiger partial charge in [-0.3, -0.25) is 14.8 Å². The Bertz CT molecular complexity index is 867. The summed E-state index contributed by atoms with van der Waals surface area (Å²) in [5, 5.41) is 13.8. The molecule has 0 aliphatic rings. The van der Waals surface area contributed by atoms with Gasteiger partial charge in [0.25, 0.3) is 11.8 Å². The second-order valence-corrected chi connectivity index (χ2v) is 4.82. The van der Waals surface area contributed by atoms with E-state index in [-0.39, 0.29) is 17.5 Å². The number of benzene rings is 1. The Kier molecular flexibility index (Phi) is 3.80. The van der Waals surface area contributed by atoms with E-state index in [2.05, 4.69) is 20.6 Å². The standard InChI is InChI=1S/C14H10F3N5O2/c1-22-7-6-10(21-22)12-19-20-13(24-12)18-11(23)8-2-4-9(5-3-8)14(15,16)17/h2-7H,1H3,(H,18,20,23). The molecule has 1 N–H and O–H groups in total. The fourth-order valence-corrected chi connectivity index (χ4v) is 1.89. The van der Waals surface area contributed by atoms with Gasteiger partial charge in [-0.25, -0.2) is 0 Å². The smallest absolute Gasteiger partial charge is 0.401 e. The van der Waals surface area contributed by atoms with Crippen molar-refractivity contribution in [3.05, 3.63) is 47.7 Å². The molecule has 0 aliphatic carbocycles. The van der Waals surface area contributed by atoms with Crippen molar-refractivity contribution in [2.75, 3.05) is 5.32 Å². The molecule has 0 spiro atoms. The lowest BCUT2D eigenvalue weighted by atomic mass is 10.1. The summed E-state index contributed by atoms with van der Waals surface area (Å²) >= 11 is 0. The average molecular weight is 337 g/mol. The number of halogens is 3. The number of alkyl halides is 3. The van der Waals surface area contributed by atoms with Gasteiger partial charge < -0.3 is 4.42 Å². The Morgan fingerprint density at radius 2 is 1.88 bits per heavy atom. The average Bonchev–Trinajstić information content (AvgIpc) is 3.15. The first-order valence-electron chi connectivity index (χ1n) is 6.65. The molecule has 2 aromatic heterocycles. The molecule has 124 valence electrons. The van der Waals surface area contributed by atoms with Crippen LogP contribution in [0.25, 0.3) is 11.6 Å². The maximum atomic E-state index is 12.5. The van der Waals surface area contributed by atoms with Crippen molar-refractivity contribution >= 4 is 11.9 Å². The van der Waals surface area contributed by atoms with Gasteiger partial charge in [0, 0.05) is 18.8 Å². The minimum Gasteiger partial charge on any atom is -0.401 e. The molecule has 0 saturated carbocycles. The fraction of sp³-hybridized carbons (Fsp3) is 0.143. The van der Waals surface area contributed by atoms with Crippen molar-refractivity contribution in [3.63, 3.8) is 0 Å². The number of hydrogen-bond donors (Lipinski definition) is 1. The van der Waals surface area contributed by atoms with Gasteiger partial charge in [-0.2, -0.15) is 18.3 Å². The first-order chi connectivity index (χ1) is 11.3. The SMILES string of the molecule is Cn1ccc(-c2nnc(NC(=O)c3ccc(C(F)(F)F)cc3)o2)n1. The van der Waals surface area contributed by atoms with Crippen LogP contribution in [-0.2, 0) is 13.2 Å². The predicted molar refractivity (Wildman–Crippen MR) is 75.9 cm³/mol. The molecule has 2 heterocycles. The summed E-state index contributed by atoms with van der Waals surface area (Å²) in [6.07, 6.45) is -2.78. The van der Waals surface area contributed by atoms with Gasteiger partial charge in [-0.1, -0.05) is 5.10 Å². The highest BCUT2D eigenvalue weighted by Crippen LogP contribution is 2.29. The van der Waals surface area contributed by atoms with Crippen LogP contribution in [0, 0.1) is 0 Å². The van der Waals surface area contributed by atoms with Gasteiger partial charge in [-0.05, 0) is 30.3 Å². The zero-order valence-corrected chi connectivity index (χ0v) is 12.2. The molecule has 0 saturated heterocycles. The summed E-state index contributed by atoms with van der Waals surface area (Å²) in [7, 11) is 1.72. The van der Waals surface area contributed by atoms with Crippen LogP contribution < -0.4 is 5.32 Å². The molecular weight excluding hydrogens is 327 g/mol. The van der Waals surface area contributed by atoms with E-state index in [0.29, 0.717) is 5.69 Å². The Hall–Kier alpha value is -3.17. The second-order valence-electron chi connectivity index (χ2n) is 4.82. The quantitative estimate of drug-likeness (QED) is 0.794. The number of aromatic nitrogens is 4. The summed E-state index contributed by atoms with van der Waals surface area (Å²) in [6.45, 7) is 0. The summed E-state index contributed by atoms with van der Waals surface area (Å²) in [5.74, 6) is -0.557. The van der Waals surface area contributed by atoms with Gasteiger partial charge >= 0.3 is 12.2 Å². The first-order valence-corrected chi connectivity index (χ1v) is 6.65. The molecule has 3 rings (SSSR count). The molecule has 0 fully saturated rings. The third-order valence-corrected chi connectivity index (χ3v) is 3.05. The summed E-state index contributed by atoms with van der Waals surface area (Å²) in [4.78, 5) is 12.0. The van der Waals surface area contributed by atoms with E-state index in [1.807, 2.05) is 0 Å². The van der Waals surface area contributed by atoms with E-state index in [1.54, 1.807) is 24.0 Å². The molecule has 0 radical (unpaired) electrons. The summed E-state index contributed by atoms with van der Waals surface area (Å²) in [6, 6.07) is 5.24. The molecule has 7 nitrogen and oxygen atoms in total. The van der Waals surface area contributed by atoms with Crippen molar-refractivity contribution in [1.29, 1.82) is 0 Å². The third-order valence-electron chi connectivity index (χ3n) is 3.05. The number of nitrogens with zero attached hydrogens (tertiary/aromatic N) is 4. The van der Waals surface area contributed by atoms with Crippen molar-refractivity contribution in [1.82, 2.24) is 20.0 Å². The van der Waals surface area contributed by atoms with E-state index < -0.39 is 17.6 Å². The summed E-state index contributed by atoms with van der Waals surface area (Å²) in [5.41, 5.74) is -0.380. The van der Waals surface area contributed by atoms with E-state index >= 15 is 0 Å². The number of rotatable bonds is 3. The van der Waals surface area contributed by atoms with Crippen LogP contribution in [0.1, 0.15) is 15.9 Å². The fourth-order valence-electron chi connectivity index (χ4n) is 1.89. The van der Waals surface area contributed by atoms with Crippen molar-refractivity contribution < 1.29 is 22.4 Å². The van der Waals surface area contributed by atoms with Crippen LogP contribution >= 0.6 is 0 Å². The largest absolute Gasteiger partial charge is 0.416 e. The third kappa shape index (κ3) is 3.26. The number of amides is 1. The monoisotopic (exact) mass is 337 g/mol. The van der Waals surface area contributed by atoms with Gasteiger partial charge in [0.1, 0.15) is 5.69 Å². The zero-order valence-electron chi connectivity index (χ0n) is 12.2. The van der Waals surface area contributed by atoms with Crippen LogP contribution in [-0.4, -0.2) is 25.9 Å². The lowest BCUT2D eigenvalue weighted by Gasteiger charge is -2.06. The molecule has 0 bridgehead atoms. The Balaban J connectivity index is 1.72. The van der Waals surface area contributed by atoms with Gasteiger partial charge in [0.2, 0.25) is 0 Å². The van der Waals surface area contributed by atoms with Crippen LogP contribution in [0.5, 0.6) is 0 Å². The number of carbonyl (C=O) groups is 1.